The number of para-hydroxylation sites is 2. The molecule has 0 bridgehead atoms. The maximum Gasteiger partial charge on any atom is 0.339 e. The maximum absolute atomic E-state index is 11.3. The number of carboxylic acids is 1. The first kappa shape index (κ1) is 13.9. The van der Waals surface area contributed by atoms with Crippen molar-refractivity contribution in [2.75, 3.05) is 6.61 Å². The Labute approximate surface area is 117 Å². The highest BCUT2D eigenvalue weighted by Gasteiger charge is 2.17. The molecule has 4 heteroatoms. The van der Waals surface area contributed by atoms with Gasteiger partial charge in [0.1, 0.15) is 11.3 Å². The van der Waals surface area contributed by atoms with Gasteiger partial charge in [-0.25, -0.2) is 4.79 Å². The number of rotatable bonds is 6. The topological polar surface area (TPSA) is 55.8 Å². The van der Waals surface area contributed by atoms with Crippen LogP contribution < -0.4 is 9.47 Å². The van der Waals surface area contributed by atoms with Crippen LogP contribution >= 0.6 is 0 Å². The predicted octanol–water partition coefficient (Wildman–Crippen LogP) is 3.97. The molecular formula is C16H16O4. The first-order valence-electron chi connectivity index (χ1n) is 6.44. The van der Waals surface area contributed by atoms with Crippen molar-refractivity contribution in [3.05, 3.63) is 54.1 Å². The Morgan fingerprint density at radius 3 is 2.50 bits per heavy atom. The molecule has 2 aromatic carbocycles. The minimum atomic E-state index is -1.04. The second-order valence-corrected chi connectivity index (χ2v) is 4.20. The van der Waals surface area contributed by atoms with E-state index >= 15 is 0 Å². The molecule has 20 heavy (non-hydrogen) atoms. The molecule has 0 spiro atoms. The summed E-state index contributed by atoms with van der Waals surface area (Å²) in [7, 11) is 0. The number of aromatic carboxylic acids is 1. The second-order valence-electron chi connectivity index (χ2n) is 4.20. The van der Waals surface area contributed by atoms with E-state index in [0.29, 0.717) is 18.1 Å². The van der Waals surface area contributed by atoms with Crippen molar-refractivity contribution in [1.82, 2.24) is 0 Å². The number of carbonyl (C=O) groups is 1. The number of benzene rings is 2. The Morgan fingerprint density at radius 2 is 1.85 bits per heavy atom. The van der Waals surface area contributed by atoms with Crippen molar-refractivity contribution in [3.8, 4) is 17.2 Å². The Balaban J connectivity index is 2.38. The average Bonchev–Trinajstić information content (AvgIpc) is 2.47. The summed E-state index contributed by atoms with van der Waals surface area (Å²) in [6.07, 6.45) is 0.835. The first-order chi connectivity index (χ1) is 9.72. The molecular weight excluding hydrogens is 256 g/mol. The van der Waals surface area contributed by atoms with Gasteiger partial charge in [0.2, 0.25) is 0 Å². The SMILES string of the molecule is CCCOc1cccc(C(=O)O)c1Oc1ccccc1. The third kappa shape index (κ3) is 3.29. The Kier molecular flexibility index (Phi) is 4.60. The summed E-state index contributed by atoms with van der Waals surface area (Å²) >= 11 is 0. The van der Waals surface area contributed by atoms with E-state index in [4.69, 9.17) is 9.47 Å². The number of carboxylic acid groups (broad SMARTS) is 1. The molecule has 2 aromatic rings. The summed E-state index contributed by atoms with van der Waals surface area (Å²) in [5.74, 6) is 0.204. The van der Waals surface area contributed by atoms with E-state index in [9.17, 15) is 9.90 Å². The van der Waals surface area contributed by atoms with Gasteiger partial charge in [0, 0.05) is 0 Å². The van der Waals surface area contributed by atoms with Crippen molar-refractivity contribution < 1.29 is 19.4 Å². The fourth-order valence-electron chi connectivity index (χ4n) is 1.72. The Hall–Kier alpha value is -2.49. The molecule has 0 radical (unpaired) electrons. The second kappa shape index (κ2) is 6.61. The van der Waals surface area contributed by atoms with Gasteiger partial charge in [0.15, 0.2) is 11.5 Å². The highest BCUT2D eigenvalue weighted by Crippen LogP contribution is 2.35. The summed E-state index contributed by atoms with van der Waals surface area (Å²) in [6.45, 7) is 2.49. The summed E-state index contributed by atoms with van der Waals surface area (Å²) in [5.41, 5.74) is 0.0856. The van der Waals surface area contributed by atoms with E-state index in [1.165, 1.54) is 6.07 Å². The van der Waals surface area contributed by atoms with Gasteiger partial charge in [-0.3, -0.25) is 0 Å². The van der Waals surface area contributed by atoms with E-state index in [2.05, 4.69) is 0 Å². The van der Waals surface area contributed by atoms with E-state index in [-0.39, 0.29) is 11.3 Å². The largest absolute Gasteiger partial charge is 0.490 e. The normalized spacial score (nSPS) is 10.1. The van der Waals surface area contributed by atoms with Crippen LogP contribution in [-0.2, 0) is 0 Å². The lowest BCUT2D eigenvalue weighted by molar-refractivity contribution is 0.0693. The molecule has 4 nitrogen and oxygen atoms in total. The van der Waals surface area contributed by atoms with Crippen LogP contribution in [0.2, 0.25) is 0 Å². The predicted molar refractivity (Wildman–Crippen MR) is 75.7 cm³/mol. The van der Waals surface area contributed by atoms with Gasteiger partial charge < -0.3 is 14.6 Å². The highest BCUT2D eigenvalue weighted by atomic mass is 16.5. The summed E-state index contributed by atoms with van der Waals surface area (Å²) in [4.78, 5) is 11.3. The molecule has 2 rings (SSSR count). The van der Waals surface area contributed by atoms with Crippen LogP contribution in [-0.4, -0.2) is 17.7 Å². The molecule has 0 aromatic heterocycles. The Morgan fingerprint density at radius 1 is 1.10 bits per heavy atom. The molecule has 0 heterocycles. The fraction of sp³-hybridized carbons (Fsp3) is 0.188. The lowest BCUT2D eigenvalue weighted by atomic mass is 10.2. The zero-order chi connectivity index (χ0) is 14.4. The molecule has 0 aliphatic carbocycles. The van der Waals surface area contributed by atoms with Crippen LogP contribution in [0.25, 0.3) is 0 Å². The molecule has 0 saturated carbocycles. The van der Waals surface area contributed by atoms with Gasteiger partial charge >= 0.3 is 5.97 Å². The van der Waals surface area contributed by atoms with Crippen molar-refractivity contribution >= 4 is 5.97 Å². The zero-order valence-electron chi connectivity index (χ0n) is 11.2. The van der Waals surface area contributed by atoms with Crippen LogP contribution in [0.4, 0.5) is 0 Å². The van der Waals surface area contributed by atoms with E-state index in [0.717, 1.165) is 6.42 Å². The summed E-state index contributed by atoms with van der Waals surface area (Å²) < 4.78 is 11.3. The Bertz CT molecular complexity index is 578. The summed E-state index contributed by atoms with van der Waals surface area (Å²) in [6, 6.07) is 13.9. The van der Waals surface area contributed by atoms with Crippen molar-refractivity contribution in [1.29, 1.82) is 0 Å². The minimum Gasteiger partial charge on any atom is -0.490 e. The molecule has 0 fully saturated rings. The summed E-state index contributed by atoms with van der Waals surface area (Å²) in [5, 5.41) is 9.26. The van der Waals surface area contributed by atoms with Crippen molar-refractivity contribution in [3.63, 3.8) is 0 Å². The van der Waals surface area contributed by atoms with Crippen LogP contribution in [0.3, 0.4) is 0 Å². The monoisotopic (exact) mass is 272 g/mol. The van der Waals surface area contributed by atoms with Gasteiger partial charge in [0.05, 0.1) is 6.61 Å². The van der Waals surface area contributed by atoms with Crippen molar-refractivity contribution in [2.45, 2.75) is 13.3 Å². The lowest BCUT2D eigenvalue weighted by Crippen LogP contribution is -2.04. The number of hydrogen-bond acceptors (Lipinski definition) is 3. The standard InChI is InChI=1S/C16H16O4/c1-2-11-19-14-10-6-9-13(16(17)18)15(14)20-12-7-4-3-5-8-12/h3-10H,2,11H2,1H3,(H,17,18). The average molecular weight is 272 g/mol. The quantitative estimate of drug-likeness (QED) is 0.864. The molecule has 104 valence electrons. The van der Waals surface area contributed by atoms with Gasteiger partial charge in [-0.2, -0.15) is 0 Å². The molecule has 0 aliphatic rings. The van der Waals surface area contributed by atoms with E-state index in [1.807, 2.05) is 25.1 Å². The zero-order valence-corrected chi connectivity index (χ0v) is 11.2. The van der Waals surface area contributed by atoms with Gasteiger partial charge in [-0.05, 0) is 30.7 Å². The molecule has 0 amide bonds. The first-order valence-corrected chi connectivity index (χ1v) is 6.44. The van der Waals surface area contributed by atoms with Crippen LogP contribution in [0.15, 0.2) is 48.5 Å². The van der Waals surface area contributed by atoms with Gasteiger partial charge in [-0.15, -0.1) is 0 Å². The third-order valence-corrected chi connectivity index (χ3v) is 2.63. The van der Waals surface area contributed by atoms with Crippen LogP contribution in [0, 0.1) is 0 Å². The third-order valence-electron chi connectivity index (χ3n) is 2.63. The van der Waals surface area contributed by atoms with Crippen LogP contribution in [0.1, 0.15) is 23.7 Å². The van der Waals surface area contributed by atoms with E-state index < -0.39 is 5.97 Å². The molecule has 1 N–H and O–H groups in total. The lowest BCUT2D eigenvalue weighted by Gasteiger charge is -2.14. The molecule has 0 atom stereocenters. The highest BCUT2D eigenvalue weighted by molar-refractivity contribution is 5.92. The number of ether oxygens (including phenoxy) is 2. The fourth-order valence-corrected chi connectivity index (χ4v) is 1.72. The van der Waals surface area contributed by atoms with Gasteiger partial charge in [-0.1, -0.05) is 31.2 Å². The smallest absolute Gasteiger partial charge is 0.339 e. The molecule has 0 aliphatic heterocycles. The minimum absolute atomic E-state index is 0.0856. The van der Waals surface area contributed by atoms with Crippen molar-refractivity contribution in [2.24, 2.45) is 0 Å². The van der Waals surface area contributed by atoms with E-state index in [1.54, 1.807) is 24.3 Å². The molecule has 0 unspecified atom stereocenters. The number of hydrogen-bond donors (Lipinski definition) is 1. The maximum atomic E-state index is 11.3. The van der Waals surface area contributed by atoms with Crippen LogP contribution in [0.5, 0.6) is 17.2 Å². The van der Waals surface area contributed by atoms with Gasteiger partial charge in [0.25, 0.3) is 0 Å². The molecule has 0 saturated heterocycles.